The van der Waals surface area contributed by atoms with Crippen molar-refractivity contribution in [3.8, 4) is 0 Å². The summed E-state index contributed by atoms with van der Waals surface area (Å²) < 4.78 is 0. The monoisotopic (exact) mass is 177 g/mol. The summed E-state index contributed by atoms with van der Waals surface area (Å²) in [4.78, 5) is 0. The van der Waals surface area contributed by atoms with E-state index in [1.807, 2.05) is 19.9 Å². The van der Waals surface area contributed by atoms with Crippen molar-refractivity contribution < 1.29 is 5.11 Å². The van der Waals surface area contributed by atoms with Gasteiger partial charge in [0.15, 0.2) is 0 Å². The topological polar surface area (TPSA) is 32.3 Å². The van der Waals surface area contributed by atoms with Crippen molar-refractivity contribution in [1.29, 1.82) is 0 Å². The van der Waals surface area contributed by atoms with E-state index in [0.29, 0.717) is 6.54 Å². The lowest BCUT2D eigenvalue weighted by molar-refractivity contribution is 0.189. The summed E-state index contributed by atoms with van der Waals surface area (Å²) in [6.45, 7) is 6.18. The summed E-state index contributed by atoms with van der Waals surface area (Å²) in [6.07, 6.45) is 1.60. The van der Waals surface area contributed by atoms with Crippen LogP contribution >= 0.6 is 11.6 Å². The van der Waals surface area contributed by atoms with Gasteiger partial charge in [0.2, 0.25) is 0 Å². The zero-order chi connectivity index (χ0) is 8.85. The quantitative estimate of drug-likeness (QED) is 0.682. The molecule has 0 fully saturated rings. The van der Waals surface area contributed by atoms with Gasteiger partial charge in [0.1, 0.15) is 0 Å². The minimum atomic E-state index is -0.304. The molecule has 2 atom stereocenters. The van der Waals surface area contributed by atoms with Crippen LogP contribution in [0, 0.1) is 0 Å². The molecule has 0 aliphatic carbocycles. The van der Waals surface area contributed by atoms with E-state index in [0.717, 1.165) is 5.03 Å². The fraction of sp³-hybridized carbons (Fsp3) is 0.750. The Labute approximate surface area is 73.3 Å². The molecule has 0 saturated heterocycles. The minimum absolute atomic E-state index is 0.224. The Morgan fingerprint density at radius 1 is 1.64 bits per heavy atom. The van der Waals surface area contributed by atoms with Crippen molar-refractivity contribution in [3.63, 3.8) is 0 Å². The van der Waals surface area contributed by atoms with Crippen molar-refractivity contribution >= 4 is 11.6 Å². The molecule has 0 rings (SSSR count). The first-order chi connectivity index (χ1) is 5.02. The second-order valence-corrected chi connectivity index (χ2v) is 3.40. The molecular weight excluding hydrogens is 162 g/mol. The van der Waals surface area contributed by atoms with Gasteiger partial charge in [-0.1, -0.05) is 17.7 Å². The molecule has 2 nitrogen and oxygen atoms in total. The van der Waals surface area contributed by atoms with E-state index in [2.05, 4.69) is 5.32 Å². The number of nitrogens with one attached hydrogen (secondary N) is 1. The van der Waals surface area contributed by atoms with Gasteiger partial charge in [-0.15, -0.1) is 0 Å². The fourth-order valence-corrected chi connectivity index (χ4v) is 0.949. The van der Waals surface area contributed by atoms with Crippen molar-refractivity contribution in [2.24, 2.45) is 0 Å². The van der Waals surface area contributed by atoms with Gasteiger partial charge in [-0.2, -0.15) is 0 Å². The maximum atomic E-state index is 8.92. The molecule has 66 valence electrons. The second kappa shape index (κ2) is 5.58. The van der Waals surface area contributed by atoms with Crippen LogP contribution < -0.4 is 5.32 Å². The highest BCUT2D eigenvalue weighted by Gasteiger charge is 1.99. The number of halogens is 1. The highest BCUT2D eigenvalue weighted by molar-refractivity contribution is 6.29. The number of hydrogen-bond acceptors (Lipinski definition) is 2. The Balaban J connectivity index is 3.53. The Hall–Kier alpha value is -0.0500. The molecule has 0 radical (unpaired) electrons. The number of rotatable bonds is 4. The summed E-state index contributed by atoms with van der Waals surface area (Å²) in [7, 11) is 0. The summed E-state index contributed by atoms with van der Waals surface area (Å²) in [5.74, 6) is 0. The number of hydrogen-bond donors (Lipinski definition) is 2. The maximum Gasteiger partial charge on any atom is 0.0636 e. The van der Waals surface area contributed by atoms with E-state index in [9.17, 15) is 0 Å². The van der Waals surface area contributed by atoms with Gasteiger partial charge in [0.05, 0.1) is 6.10 Å². The molecule has 0 saturated carbocycles. The van der Waals surface area contributed by atoms with E-state index < -0.39 is 0 Å². The molecule has 0 bridgehead atoms. The molecular formula is C8H16ClNO. The third kappa shape index (κ3) is 7.85. The van der Waals surface area contributed by atoms with Gasteiger partial charge >= 0.3 is 0 Å². The standard InChI is InChI=1S/C8H16ClNO/c1-6(9)4-7(2)10-5-8(3)11/h4,7-8,10-11H,5H2,1-3H3. The normalized spacial score (nSPS) is 18.1. The van der Waals surface area contributed by atoms with Gasteiger partial charge in [0.25, 0.3) is 0 Å². The predicted molar refractivity (Wildman–Crippen MR) is 48.8 cm³/mol. The first-order valence-electron chi connectivity index (χ1n) is 3.77. The first kappa shape index (κ1) is 11.0. The molecule has 11 heavy (non-hydrogen) atoms. The summed E-state index contributed by atoms with van der Waals surface area (Å²) in [5, 5.41) is 12.8. The smallest absolute Gasteiger partial charge is 0.0636 e. The van der Waals surface area contributed by atoms with Crippen LogP contribution in [0.2, 0.25) is 0 Å². The van der Waals surface area contributed by atoms with Crippen LogP contribution in [-0.2, 0) is 0 Å². The molecule has 0 aromatic carbocycles. The van der Waals surface area contributed by atoms with E-state index in [1.165, 1.54) is 0 Å². The third-order valence-electron chi connectivity index (χ3n) is 1.21. The highest BCUT2D eigenvalue weighted by atomic mass is 35.5. The van der Waals surface area contributed by atoms with E-state index >= 15 is 0 Å². The molecule has 0 aliphatic heterocycles. The molecule has 0 aliphatic rings. The fourth-order valence-electron chi connectivity index (χ4n) is 0.760. The zero-order valence-corrected chi connectivity index (χ0v) is 8.02. The van der Waals surface area contributed by atoms with Crippen molar-refractivity contribution in [2.75, 3.05) is 6.54 Å². The van der Waals surface area contributed by atoms with Crippen LogP contribution in [0.5, 0.6) is 0 Å². The Kier molecular flexibility index (Phi) is 5.56. The SMILES string of the molecule is CC(Cl)=CC(C)NCC(C)O. The first-order valence-corrected chi connectivity index (χ1v) is 4.15. The van der Waals surface area contributed by atoms with E-state index in [1.54, 1.807) is 6.92 Å². The molecule has 0 aromatic rings. The van der Waals surface area contributed by atoms with Crippen molar-refractivity contribution in [3.05, 3.63) is 11.1 Å². The lowest BCUT2D eigenvalue weighted by Gasteiger charge is -2.10. The van der Waals surface area contributed by atoms with Crippen LogP contribution in [0.4, 0.5) is 0 Å². The maximum absolute atomic E-state index is 8.92. The minimum Gasteiger partial charge on any atom is -0.392 e. The van der Waals surface area contributed by atoms with E-state index in [-0.39, 0.29) is 12.1 Å². The largest absolute Gasteiger partial charge is 0.392 e. The number of aliphatic hydroxyl groups is 1. The summed E-state index contributed by atoms with van der Waals surface area (Å²) >= 11 is 5.65. The van der Waals surface area contributed by atoms with Crippen LogP contribution in [-0.4, -0.2) is 23.8 Å². The van der Waals surface area contributed by atoms with Crippen LogP contribution in [0.15, 0.2) is 11.1 Å². The third-order valence-corrected chi connectivity index (χ3v) is 1.34. The molecule has 2 N–H and O–H groups in total. The van der Waals surface area contributed by atoms with Crippen molar-refractivity contribution in [1.82, 2.24) is 5.32 Å². The van der Waals surface area contributed by atoms with Crippen molar-refractivity contribution in [2.45, 2.75) is 32.9 Å². The molecule has 2 unspecified atom stereocenters. The van der Waals surface area contributed by atoms with Gasteiger partial charge in [-0.3, -0.25) is 0 Å². The highest BCUT2D eigenvalue weighted by Crippen LogP contribution is 1.99. The second-order valence-electron chi connectivity index (χ2n) is 2.80. The average molecular weight is 178 g/mol. The molecule has 0 aromatic heterocycles. The van der Waals surface area contributed by atoms with Crippen LogP contribution in [0.25, 0.3) is 0 Å². The number of aliphatic hydroxyl groups excluding tert-OH is 1. The lowest BCUT2D eigenvalue weighted by Crippen LogP contribution is -2.31. The molecule has 0 amide bonds. The Bertz CT molecular complexity index is 130. The average Bonchev–Trinajstić information content (AvgIpc) is 1.82. The zero-order valence-electron chi connectivity index (χ0n) is 7.26. The van der Waals surface area contributed by atoms with Crippen LogP contribution in [0.1, 0.15) is 20.8 Å². The molecule has 3 heteroatoms. The number of allylic oxidation sites excluding steroid dienone is 1. The summed E-state index contributed by atoms with van der Waals surface area (Å²) in [5.41, 5.74) is 0. The molecule has 0 heterocycles. The van der Waals surface area contributed by atoms with Gasteiger partial charge in [-0.05, 0) is 20.8 Å². The lowest BCUT2D eigenvalue weighted by atomic mass is 10.3. The predicted octanol–water partition coefficient (Wildman–Crippen LogP) is 1.49. The Morgan fingerprint density at radius 2 is 2.18 bits per heavy atom. The van der Waals surface area contributed by atoms with Gasteiger partial charge in [0, 0.05) is 17.6 Å². The molecule has 0 spiro atoms. The summed E-state index contributed by atoms with van der Waals surface area (Å²) in [6, 6.07) is 0.224. The van der Waals surface area contributed by atoms with Crippen LogP contribution in [0.3, 0.4) is 0 Å². The van der Waals surface area contributed by atoms with Gasteiger partial charge in [-0.25, -0.2) is 0 Å². The van der Waals surface area contributed by atoms with Gasteiger partial charge < -0.3 is 10.4 Å². The van der Waals surface area contributed by atoms with E-state index in [4.69, 9.17) is 16.7 Å². The Morgan fingerprint density at radius 3 is 2.55 bits per heavy atom.